The number of hydrogen-bond acceptors (Lipinski definition) is 1. The average Bonchev–Trinajstić information content (AvgIpc) is 2.68. The third kappa shape index (κ3) is 2.44. The van der Waals surface area contributed by atoms with Gasteiger partial charge in [-0.3, -0.25) is 4.90 Å². The fourth-order valence-corrected chi connectivity index (χ4v) is 2.06. The Kier molecular flexibility index (Phi) is 3.79. The van der Waals surface area contributed by atoms with E-state index in [1.165, 1.54) is 17.0 Å². The molecule has 0 N–H and O–H groups in total. The first-order valence-electron chi connectivity index (χ1n) is 6.15. The molecule has 0 spiro atoms. The second kappa shape index (κ2) is 5.33. The topological polar surface area (TPSA) is 23.6 Å². The van der Waals surface area contributed by atoms with Crippen LogP contribution in [0.2, 0.25) is 0 Å². The molecule has 0 radical (unpaired) electrons. The molecule has 0 bridgehead atoms. The van der Waals surface area contributed by atoms with Crippen LogP contribution in [0.1, 0.15) is 19.8 Å². The zero-order valence-corrected chi connectivity index (χ0v) is 10.3. The highest BCUT2D eigenvalue weighted by molar-refractivity contribution is 5.94. The number of unbranched alkanes of at least 4 members (excludes halogenated alkanes) is 1. The number of anilines is 1. The summed E-state index contributed by atoms with van der Waals surface area (Å²) in [7, 11) is 0. The normalized spacial score (nSPS) is 15.6. The van der Waals surface area contributed by atoms with Crippen LogP contribution in [0.5, 0.6) is 0 Å². The van der Waals surface area contributed by atoms with Gasteiger partial charge in [0.05, 0.1) is 5.69 Å². The SMILES string of the molecule is CCCCN1CCN(c2ccc(F)cc2F)C1=O. The second-order valence-electron chi connectivity index (χ2n) is 4.37. The zero-order valence-electron chi connectivity index (χ0n) is 10.3. The van der Waals surface area contributed by atoms with Crippen molar-refractivity contribution in [3.8, 4) is 0 Å². The van der Waals surface area contributed by atoms with Crippen molar-refractivity contribution >= 4 is 11.7 Å². The molecule has 0 saturated carbocycles. The molecular formula is C13H16F2N2O. The molecule has 5 heteroatoms. The maximum absolute atomic E-state index is 13.6. The van der Waals surface area contributed by atoms with E-state index in [-0.39, 0.29) is 11.7 Å². The van der Waals surface area contributed by atoms with Crippen molar-refractivity contribution in [2.45, 2.75) is 19.8 Å². The number of carbonyl (C=O) groups excluding carboxylic acids is 1. The van der Waals surface area contributed by atoms with Crippen molar-refractivity contribution in [3.63, 3.8) is 0 Å². The Labute approximate surface area is 105 Å². The number of hydrogen-bond donors (Lipinski definition) is 0. The first-order chi connectivity index (χ1) is 8.63. The lowest BCUT2D eigenvalue weighted by molar-refractivity contribution is 0.220. The van der Waals surface area contributed by atoms with Crippen molar-refractivity contribution < 1.29 is 13.6 Å². The molecule has 0 atom stereocenters. The van der Waals surface area contributed by atoms with Crippen molar-refractivity contribution in [2.24, 2.45) is 0 Å². The minimum absolute atomic E-state index is 0.153. The molecule has 0 aromatic heterocycles. The summed E-state index contributed by atoms with van der Waals surface area (Å²) in [6, 6.07) is 3.08. The maximum Gasteiger partial charge on any atom is 0.324 e. The predicted molar refractivity (Wildman–Crippen MR) is 65.6 cm³/mol. The van der Waals surface area contributed by atoms with Gasteiger partial charge in [-0.15, -0.1) is 0 Å². The summed E-state index contributed by atoms with van der Waals surface area (Å²) in [4.78, 5) is 15.1. The van der Waals surface area contributed by atoms with Gasteiger partial charge in [0.2, 0.25) is 0 Å². The summed E-state index contributed by atoms with van der Waals surface area (Å²) in [5, 5.41) is 0. The minimum Gasteiger partial charge on any atom is -0.323 e. The first-order valence-corrected chi connectivity index (χ1v) is 6.15. The lowest BCUT2D eigenvalue weighted by Crippen LogP contribution is -2.32. The number of amides is 2. The van der Waals surface area contributed by atoms with Crippen LogP contribution in [0, 0.1) is 11.6 Å². The highest BCUT2D eigenvalue weighted by Gasteiger charge is 2.30. The highest BCUT2D eigenvalue weighted by Crippen LogP contribution is 2.24. The third-order valence-electron chi connectivity index (χ3n) is 3.08. The average molecular weight is 254 g/mol. The molecule has 0 unspecified atom stereocenters. The monoisotopic (exact) mass is 254 g/mol. The minimum atomic E-state index is -0.694. The van der Waals surface area contributed by atoms with Crippen LogP contribution in [-0.2, 0) is 0 Å². The number of halogens is 2. The van der Waals surface area contributed by atoms with Crippen molar-refractivity contribution in [3.05, 3.63) is 29.8 Å². The number of carbonyl (C=O) groups is 1. The Balaban J connectivity index is 2.13. The van der Waals surface area contributed by atoms with Gasteiger partial charge in [0.25, 0.3) is 0 Å². The Morgan fingerprint density at radius 3 is 2.72 bits per heavy atom. The molecule has 1 aromatic carbocycles. The van der Waals surface area contributed by atoms with Gasteiger partial charge in [0, 0.05) is 25.7 Å². The molecule has 18 heavy (non-hydrogen) atoms. The summed E-state index contributed by atoms with van der Waals surface area (Å²) in [5.41, 5.74) is 0.153. The Morgan fingerprint density at radius 2 is 2.06 bits per heavy atom. The van der Waals surface area contributed by atoms with Crippen LogP contribution >= 0.6 is 0 Å². The van der Waals surface area contributed by atoms with Gasteiger partial charge in [-0.2, -0.15) is 0 Å². The van der Waals surface area contributed by atoms with Gasteiger partial charge in [0.15, 0.2) is 0 Å². The van der Waals surface area contributed by atoms with E-state index < -0.39 is 11.6 Å². The van der Waals surface area contributed by atoms with E-state index in [9.17, 15) is 13.6 Å². The van der Waals surface area contributed by atoms with E-state index in [0.717, 1.165) is 18.9 Å². The summed E-state index contributed by atoms with van der Waals surface area (Å²) < 4.78 is 26.4. The van der Waals surface area contributed by atoms with Gasteiger partial charge in [0.1, 0.15) is 11.6 Å². The van der Waals surface area contributed by atoms with Crippen molar-refractivity contribution in [2.75, 3.05) is 24.5 Å². The largest absolute Gasteiger partial charge is 0.324 e. The highest BCUT2D eigenvalue weighted by atomic mass is 19.1. The zero-order chi connectivity index (χ0) is 13.1. The van der Waals surface area contributed by atoms with Crippen LogP contribution < -0.4 is 4.90 Å². The molecule has 1 heterocycles. The summed E-state index contributed by atoms with van der Waals surface area (Å²) in [5.74, 6) is -1.33. The second-order valence-corrected chi connectivity index (χ2v) is 4.37. The van der Waals surface area contributed by atoms with Crippen molar-refractivity contribution in [1.29, 1.82) is 0 Å². The molecule has 98 valence electrons. The summed E-state index contributed by atoms with van der Waals surface area (Å²) in [6.07, 6.45) is 1.94. The van der Waals surface area contributed by atoms with Crippen LogP contribution in [0.25, 0.3) is 0 Å². The molecule has 1 aliphatic heterocycles. The van der Waals surface area contributed by atoms with E-state index in [1.54, 1.807) is 4.90 Å². The molecule has 3 nitrogen and oxygen atoms in total. The molecule has 2 rings (SSSR count). The van der Waals surface area contributed by atoms with Crippen LogP contribution in [0.15, 0.2) is 18.2 Å². The predicted octanol–water partition coefficient (Wildman–Crippen LogP) is 3.01. The molecule has 1 aromatic rings. The fourth-order valence-electron chi connectivity index (χ4n) is 2.06. The number of nitrogens with zero attached hydrogens (tertiary/aromatic N) is 2. The van der Waals surface area contributed by atoms with Gasteiger partial charge in [-0.1, -0.05) is 13.3 Å². The number of rotatable bonds is 4. The fraction of sp³-hybridized carbons (Fsp3) is 0.462. The van der Waals surface area contributed by atoms with E-state index in [0.29, 0.717) is 19.6 Å². The molecule has 1 aliphatic rings. The van der Waals surface area contributed by atoms with E-state index in [1.807, 2.05) is 0 Å². The van der Waals surface area contributed by atoms with Crippen LogP contribution in [0.4, 0.5) is 19.3 Å². The van der Waals surface area contributed by atoms with Gasteiger partial charge in [-0.05, 0) is 18.6 Å². The van der Waals surface area contributed by atoms with Crippen LogP contribution in [0.3, 0.4) is 0 Å². The lowest BCUT2D eigenvalue weighted by atomic mass is 10.2. The van der Waals surface area contributed by atoms with Crippen molar-refractivity contribution in [1.82, 2.24) is 4.90 Å². The summed E-state index contributed by atoms with van der Waals surface area (Å²) in [6.45, 7) is 3.79. The first kappa shape index (κ1) is 12.8. The molecule has 0 aliphatic carbocycles. The lowest BCUT2D eigenvalue weighted by Gasteiger charge is -2.18. The number of benzene rings is 1. The Morgan fingerprint density at radius 1 is 1.28 bits per heavy atom. The van der Waals surface area contributed by atoms with E-state index in [2.05, 4.69) is 6.92 Å². The van der Waals surface area contributed by atoms with E-state index in [4.69, 9.17) is 0 Å². The maximum atomic E-state index is 13.6. The van der Waals surface area contributed by atoms with Gasteiger partial charge >= 0.3 is 6.03 Å². The summed E-state index contributed by atoms with van der Waals surface area (Å²) >= 11 is 0. The quantitative estimate of drug-likeness (QED) is 0.810. The Bertz CT molecular complexity index is 451. The smallest absolute Gasteiger partial charge is 0.323 e. The Hall–Kier alpha value is -1.65. The standard InChI is InChI=1S/C13H16F2N2O/c1-2-3-6-16-7-8-17(13(16)18)12-5-4-10(14)9-11(12)15/h4-5,9H,2-3,6-8H2,1H3. The molecule has 1 fully saturated rings. The molecular weight excluding hydrogens is 238 g/mol. The van der Waals surface area contributed by atoms with Gasteiger partial charge in [-0.25, -0.2) is 13.6 Å². The molecule has 2 amide bonds. The van der Waals surface area contributed by atoms with Gasteiger partial charge < -0.3 is 4.90 Å². The van der Waals surface area contributed by atoms with Crippen LogP contribution in [-0.4, -0.2) is 30.6 Å². The number of urea groups is 1. The molecule has 1 saturated heterocycles. The third-order valence-corrected chi connectivity index (χ3v) is 3.08. The van der Waals surface area contributed by atoms with E-state index >= 15 is 0 Å².